The van der Waals surface area contributed by atoms with Crippen LogP contribution in [0, 0.1) is 0 Å². The van der Waals surface area contributed by atoms with E-state index in [-0.39, 0.29) is 0 Å². The van der Waals surface area contributed by atoms with Crippen molar-refractivity contribution in [2.45, 2.75) is 13.5 Å². The zero-order valence-corrected chi connectivity index (χ0v) is 12.1. The molecule has 102 valence electrons. The molecule has 0 unspecified atom stereocenters. The second kappa shape index (κ2) is 6.03. The lowest BCUT2D eigenvalue weighted by Crippen LogP contribution is -1.91. The third-order valence-electron chi connectivity index (χ3n) is 3.09. The summed E-state index contributed by atoms with van der Waals surface area (Å²) in [5.41, 5.74) is 4.33. The Morgan fingerprint density at radius 1 is 1.20 bits per heavy atom. The molecule has 1 N–H and O–H groups in total. The van der Waals surface area contributed by atoms with E-state index in [9.17, 15) is 0 Å². The zero-order chi connectivity index (χ0) is 13.8. The average Bonchev–Trinajstić information content (AvgIpc) is 3.16. The first-order valence-corrected chi connectivity index (χ1v) is 7.51. The summed E-state index contributed by atoms with van der Waals surface area (Å²) in [5.74, 6) is 0. The van der Waals surface area contributed by atoms with Gasteiger partial charge >= 0.3 is 0 Å². The normalized spacial score (nSPS) is 10.8. The molecule has 0 fully saturated rings. The van der Waals surface area contributed by atoms with Crippen LogP contribution in [0.5, 0.6) is 0 Å². The third kappa shape index (κ3) is 2.81. The van der Waals surface area contributed by atoms with Crippen LogP contribution >= 0.6 is 11.3 Å². The van der Waals surface area contributed by atoms with Gasteiger partial charge in [-0.15, -0.1) is 11.3 Å². The standard InChI is InChI=1S/C16H16N2OS/c1-2-19-11-12-5-7-13(8-6-12)14-10-15(18-17-14)16-4-3-9-20-16/h3-10H,2,11H2,1H3,(H,17,18). The molecule has 3 nitrogen and oxygen atoms in total. The lowest BCUT2D eigenvalue weighted by molar-refractivity contribution is 0.134. The Balaban J connectivity index is 1.79. The van der Waals surface area contributed by atoms with E-state index in [2.05, 4.69) is 52.0 Å². The van der Waals surface area contributed by atoms with Crippen molar-refractivity contribution in [3.63, 3.8) is 0 Å². The molecule has 0 amide bonds. The fourth-order valence-corrected chi connectivity index (χ4v) is 2.71. The van der Waals surface area contributed by atoms with Crippen LogP contribution in [0.2, 0.25) is 0 Å². The summed E-state index contributed by atoms with van der Waals surface area (Å²) in [6.07, 6.45) is 0. The fourth-order valence-electron chi connectivity index (χ4n) is 2.02. The Bertz CT molecular complexity index is 656. The van der Waals surface area contributed by atoms with Gasteiger partial charge in [-0.2, -0.15) is 5.10 Å². The Hall–Kier alpha value is -1.91. The van der Waals surface area contributed by atoms with E-state index >= 15 is 0 Å². The number of H-pyrrole nitrogens is 1. The van der Waals surface area contributed by atoms with Crippen LogP contribution in [0.3, 0.4) is 0 Å². The maximum atomic E-state index is 5.40. The Morgan fingerprint density at radius 2 is 2.05 bits per heavy atom. The van der Waals surface area contributed by atoms with Gasteiger partial charge in [0, 0.05) is 12.2 Å². The van der Waals surface area contributed by atoms with Crippen LogP contribution in [0.4, 0.5) is 0 Å². The molecule has 0 aliphatic rings. The van der Waals surface area contributed by atoms with E-state index in [0.29, 0.717) is 6.61 Å². The molecule has 0 aliphatic carbocycles. The summed E-state index contributed by atoms with van der Waals surface area (Å²) in [4.78, 5) is 1.21. The summed E-state index contributed by atoms with van der Waals surface area (Å²) in [6.45, 7) is 3.41. The second-order valence-corrected chi connectivity index (χ2v) is 5.43. The van der Waals surface area contributed by atoms with Crippen molar-refractivity contribution < 1.29 is 4.74 Å². The van der Waals surface area contributed by atoms with E-state index in [1.54, 1.807) is 11.3 Å². The molecular weight excluding hydrogens is 268 g/mol. The molecule has 4 heteroatoms. The predicted octanol–water partition coefficient (Wildman–Crippen LogP) is 4.34. The molecule has 3 aromatic rings. The molecule has 0 aliphatic heterocycles. The number of thiophene rings is 1. The number of rotatable bonds is 5. The second-order valence-electron chi connectivity index (χ2n) is 4.48. The Kier molecular flexibility index (Phi) is 3.95. The Morgan fingerprint density at radius 3 is 2.75 bits per heavy atom. The van der Waals surface area contributed by atoms with E-state index < -0.39 is 0 Å². The van der Waals surface area contributed by atoms with Crippen LogP contribution < -0.4 is 0 Å². The van der Waals surface area contributed by atoms with Gasteiger partial charge in [0.15, 0.2) is 0 Å². The van der Waals surface area contributed by atoms with Gasteiger partial charge in [0.1, 0.15) is 0 Å². The number of benzene rings is 1. The van der Waals surface area contributed by atoms with Crippen molar-refractivity contribution in [1.29, 1.82) is 0 Å². The van der Waals surface area contributed by atoms with Crippen molar-refractivity contribution >= 4 is 11.3 Å². The smallest absolute Gasteiger partial charge is 0.0927 e. The molecule has 0 atom stereocenters. The van der Waals surface area contributed by atoms with Crippen molar-refractivity contribution in [1.82, 2.24) is 10.2 Å². The molecule has 0 spiro atoms. The van der Waals surface area contributed by atoms with Crippen LogP contribution in [-0.4, -0.2) is 16.8 Å². The van der Waals surface area contributed by atoms with Gasteiger partial charge in [-0.3, -0.25) is 5.10 Å². The van der Waals surface area contributed by atoms with E-state index in [4.69, 9.17) is 4.74 Å². The molecule has 20 heavy (non-hydrogen) atoms. The monoisotopic (exact) mass is 284 g/mol. The molecule has 0 saturated heterocycles. The van der Waals surface area contributed by atoms with Gasteiger partial charge in [-0.25, -0.2) is 0 Å². The highest BCUT2D eigenvalue weighted by Crippen LogP contribution is 2.27. The molecule has 0 saturated carbocycles. The highest BCUT2D eigenvalue weighted by atomic mass is 32.1. The number of hydrogen-bond acceptors (Lipinski definition) is 3. The molecule has 0 bridgehead atoms. The van der Waals surface area contributed by atoms with E-state index in [0.717, 1.165) is 23.6 Å². The predicted molar refractivity (Wildman–Crippen MR) is 82.7 cm³/mol. The Labute approximate surface area is 122 Å². The molecule has 0 radical (unpaired) electrons. The largest absolute Gasteiger partial charge is 0.377 e. The van der Waals surface area contributed by atoms with Gasteiger partial charge in [-0.1, -0.05) is 30.3 Å². The summed E-state index contributed by atoms with van der Waals surface area (Å²) >= 11 is 1.71. The lowest BCUT2D eigenvalue weighted by Gasteiger charge is -2.02. The summed E-state index contributed by atoms with van der Waals surface area (Å²) in [5, 5.41) is 9.54. The van der Waals surface area contributed by atoms with Crippen LogP contribution in [0.1, 0.15) is 12.5 Å². The van der Waals surface area contributed by atoms with Crippen molar-refractivity contribution in [3.8, 4) is 21.8 Å². The minimum Gasteiger partial charge on any atom is -0.377 e. The first-order valence-electron chi connectivity index (χ1n) is 6.63. The first kappa shape index (κ1) is 13.1. The third-order valence-corrected chi connectivity index (χ3v) is 3.99. The first-order chi connectivity index (χ1) is 9.86. The van der Waals surface area contributed by atoms with Gasteiger partial charge in [0.25, 0.3) is 0 Å². The number of aromatic amines is 1. The maximum absolute atomic E-state index is 5.40. The molecule has 3 rings (SSSR count). The maximum Gasteiger partial charge on any atom is 0.0927 e. The van der Waals surface area contributed by atoms with Crippen molar-refractivity contribution in [2.75, 3.05) is 6.61 Å². The van der Waals surface area contributed by atoms with Crippen LogP contribution in [0.15, 0.2) is 47.8 Å². The number of nitrogens with one attached hydrogen (secondary N) is 1. The summed E-state index contributed by atoms with van der Waals surface area (Å²) in [7, 11) is 0. The lowest BCUT2D eigenvalue weighted by atomic mass is 10.1. The minimum atomic E-state index is 0.664. The zero-order valence-electron chi connectivity index (χ0n) is 11.3. The molecule has 2 heterocycles. The average molecular weight is 284 g/mol. The topological polar surface area (TPSA) is 37.9 Å². The molecule has 1 aromatic carbocycles. The number of aromatic nitrogens is 2. The van der Waals surface area contributed by atoms with Gasteiger partial charge in [0.05, 0.1) is 22.9 Å². The van der Waals surface area contributed by atoms with Gasteiger partial charge in [0.2, 0.25) is 0 Å². The number of hydrogen-bond donors (Lipinski definition) is 1. The van der Waals surface area contributed by atoms with E-state index in [1.165, 1.54) is 10.4 Å². The quantitative estimate of drug-likeness (QED) is 0.756. The minimum absolute atomic E-state index is 0.664. The molecule has 2 aromatic heterocycles. The van der Waals surface area contributed by atoms with Crippen LogP contribution in [0.25, 0.3) is 21.8 Å². The van der Waals surface area contributed by atoms with Crippen molar-refractivity contribution in [3.05, 3.63) is 53.4 Å². The summed E-state index contributed by atoms with van der Waals surface area (Å²) < 4.78 is 5.40. The fraction of sp³-hybridized carbons (Fsp3) is 0.188. The highest BCUT2D eigenvalue weighted by molar-refractivity contribution is 7.13. The van der Waals surface area contributed by atoms with Crippen LogP contribution in [-0.2, 0) is 11.3 Å². The SMILES string of the molecule is CCOCc1ccc(-c2cc(-c3cccs3)[nH]n2)cc1. The van der Waals surface area contributed by atoms with Gasteiger partial charge < -0.3 is 4.74 Å². The molecular formula is C16H16N2OS. The number of nitrogens with zero attached hydrogens (tertiary/aromatic N) is 1. The van der Waals surface area contributed by atoms with Crippen molar-refractivity contribution in [2.24, 2.45) is 0 Å². The number of ether oxygens (including phenoxy) is 1. The van der Waals surface area contributed by atoms with Gasteiger partial charge in [-0.05, 0) is 30.0 Å². The highest BCUT2D eigenvalue weighted by Gasteiger charge is 2.06. The summed E-state index contributed by atoms with van der Waals surface area (Å²) in [6, 6.07) is 14.6. The van der Waals surface area contributed by atoms with E-state index in [1.807, 2.05) is 13.0 Å².